The molecule has 0 fully saturated rings. The number of hydrogen-bond donors (Lipinski definition) is 1. The summed E-state index contributed by atoms with van der Waals surface area (Å²) in [6.45, 7) is 6.08. The van der Waals surface area contributed by atoms with Crippen molar-refractivity contribution in [1.82, 2.24) is 0 Å². The van der Waals surface area contributed by atoms with E-state index in [0.717, 1.165) is 5.56 Å². The zero-order valence-electron chi connectivity index (χ0n) is 11.6. The van der Waals surface area contributed by atoms with E-state index in [2.05, 4.69) is 0 Å². The van der Waals surface area contributed by atoms with Crippen molar-refractivity contribution < 1.29 is 9.13 Å². The maximum Gasteiger partial charge on any atom is 0.165 e. The number of benzene rings is 2. The van der Waals surface area contributed by atoms with Crippen LogP contribution in [0.15, 0.2) is 42.5 Å². The number of nitrogens with two attached hydrogens (primary N) is 1. The van der Waals surface area contributed by atoms with Crippen LogP contribution < -0.4 is 10.5 Å². The molecule has 0 spiro atoms. The molecule has 102 valence electrons. The largest absolute Gasteiger partial charge is 0.485 e. The van der Waals surface area contributed by atoms with Gasteiger partial charge in [-0.1, -0.05) is 44.2 Å². The van der Waals surface area contributed by atoms with Crippen molar-refractivity contribution in [2.75, 3.05) is 5.73 Å². The molecule has 0 aromatic heterocycles. The predicted octanol–water partition coefficient (Wildman–Crippen LogP) is 4.32. The highest BCUT2D eigenvalue weighted by Gasteiger charge is 2.09. The Hall–Kier alpha value is -2.03. The van der Waals surface area contributed by atoms with Gasteiger partial charge in [-0.3, -0.25) is 0 Å². The smallest absolute Gasteiger partial charge is 0.165 e. The fourth-order valence-electron chi connectivity index (χ4n) is 1.58. The number of nitrogen functional groups attached to an aromatic ring is 1. The first-order valence-corrected chi connectivity index (χ1v) is 6.40. The number of anilines is 1. The molecule has 2 rings (SSSR count). The second-order valence-corrected chi connectivity index (χ2v) is 3.87. The van der Waals surface area contributed by atoms with Gasteiger partial charge in [-0.05, 0) is 24.6 Å². The molecule has 0 aliphatic rings. The van der Waals surface area contributed by atoms with Crippen LogP contribution in [0.5, 0.6) is 5.75 Å². The van der Waals surface area contributed by atoms with Crippen LogP contribution in [0.1, 0.15) is 25.0 Å². The van der Waals surface area contributed by atoms with Gasteiger partial charge in [0.05, 0.1) is 0 Å². The van der Waals surface area contributed by atoms with Crippen LogP contribution in [0, 0.1) is 12.7 Å². The summed E-state index contributed by atoms with van der Waals surface area (Å²) in [5.74, 6) is -0.151. The number of ether oxygens (including phenoxy) is 1. The lowest BCUT2D eigenvalue weighted by Crippen LogP contribution is -2.01. The predicted molar refractivity (Wildman–Crippen MR) is 77.7 cm³/mol. The molecule has 0 unspecified atom stereocenters. The van der Waals surface area contributed by atoms with E-state index >= 15 is 0 Å². The third-order valence-electron chi connectivity index (χ3n) is 2.63. The average molecular weight is 261 g/mol. The third-order valence-corrected chi connectivity index (χ3v) is 2.63. The number of rotatable bonds is 3. The average Bonchev–Trinajstić information content (AvgIpc) is 2.46. The van der Waals surface area contributed by atoms with Gasteiger partial charge in [0.2, 0.25) is 0 Å². The van der Waals surface area contributed by atoms with Crippen molar-refractivity contribution in [3.8, 4) is 5.75 Å². The fourth-order valence-corrected chi connectivity index (χ4v) is 1.58. The Labute approximate surface area is 114 Å². The van der Waals surface area contributed by atoms with Crippen LogP contribution in [0.4, 0.5) is 10.1 Å². The quantitative estimate of drug-likeness (QED) is 0.835. The zero-order chi connectivity index (χ0) is 14.3. The normalized spacial score (nSPS) is 9.47. The monoisotopic (exact) mass is 261 g/mol. The summed E-state index contributed by atoms with van der Waals surface area (Å²) in [7, 11) is 0. The highest BCUT2D eigenvalue weighted by molar-refractivity contribution is 5.53. The summed E-state index contributed by atoms with van der Waals surface area (Å²) in [5.41, 5.74) is 7.88. The van der Waals surface area contributed by atoms with Crippen LogP contribution in [-0.2, 0) is 6.61 Å². The van der Waals surface area contributed by atoms with Gasteiger partial charge in [-0.15, -0.1) is 0 Å². The molecule has 0 saturated carbocycles. The first-order valence-electron chi connectivity index (χ1n) is 6.40. The highest BCUT2D eigenvalue weighted by Crippen LogP contribution is 2.27. The van der Waals surface area contributed by atoms with E-state index in [4.69, 9.17) is 10.5 Å². The Bertz CT molecular complexity index is 512. The second kappa shape index (κ2) is 7.41. The Morgan fingerprint density at radius 3 is 2.32 bits per heavy atom. The Balaban J connectivity index is 0.000000861. The molecule has 3 heteroatoms. The molecule has 19 heavy (non-hydrogen) atoms. The van der Waals surface area contributed by atoms with Gasteiger partial charge in [0.25, 0.3) is 0 Å². The van der Waals surface area contributed by atoms with Crippen LogP contribution in [-0.4, -0.2) is 0 Å². The number of halogens is 1. The van der Waals surface area contributed by atoms with Gasteiger partial charge in [-0.2, -0.15) is 0 Å². The standard InChI is InChI=1S/C14H14FNO.C2H6/c1-10-13(16)8-7-12(15)14(10)17-9-11-5-3-2-4-6-11;1-2/h2-8H,9,16H2,1H3;1-2H3. The SMILES string of the molecule is CC.Cc1c(N)ccc(F)c1OCc1ccccc1. The molecule has 0 heterocycles. The van der Waals surface area contributed by atoms with Gasteiger partial charge >= 0.3 is 0 Å². The lowest BCUT2D eigenvalue weighted by molar-refractivity contribution is 0.288. The molecule has 0 aliphatic carbocycles. The molecule has 0 atom stereocenters. The van der Waals surface area contributed by atoms with Gasteiger partial charge in [0, 0.05) is 11.3 Å². The van der Waals surface area contributed by atoms with E-state index in [1.807, 2.05) is 44.2 Å². The van der Waals surface area contributed by atoms with Crippen LogP contribution in [0.25, 0.3) is 0 Å². The van der Waals surface area contributed by atoms with E-state index < -0.39 is 0 Å². The van der Waals surface area contributed by atoms with Gasteiger partial charge < -0.3 is 10.5 Å². The minimum absolute atomic E-state index is 0.230. The molecule has 2 nitrogen and oxygen atoms in total. The molecule has 0 aliphatic heterocycles. The first kappa shape index (κ1) is 15.0. The van der Waals surface area contributed by atoms with Crippen molar-refractivity contribution >= 4 is 5.69 Å². The Morgan fingerprint density at radius 1 is 1.05 bits per heavy atom. The molecular formula is C16H20FNO. The molecule has 2 aromatic rings. The van der Waals surface area contributed by atoms with Crippen LogP contribution in [0.3, 0.4) is 0 Å². The van der Waals surface area contributed by atoms with Gasteiger partial charge in [-0.25, -0.2) is 4.39 Å². The molecule has 2 aromatic carbocycles. The van der Waals surface area contributed by atoms with E-state index in [9.17, 15) is 4.39 Å². The maximum absolute atomic E-state index is 13.6. The second-order valence-electron chi connectivity index (χ2n) is 3.87. The van der Waals surface area contributed by atoms with E-state index in [0.29, 0.717) is 17.9 Å². The summed E-state index contributed by atoms with van der Waals surface area (Å²) < 4.78 is 19.0. The lowest BCUT2D eigenvalue weighted by atomic mass is 10.1. The van der Waals surface area contributed by atoms with Crippen molar-refractivity contribution in [3.63, 3.8) is 0 Å². The van der Waals surface area contributed by atoms with Crippen LogP contribution >= 0.6 is 0 Å². The minimum atomic E-state index is -0.382. The van der Waals surface area contributed by atoms with Crippen molar-refractivity contribution in [2.24, 2.45) is 0 Å². The summed E-state index contributed by atoms with van der Waals surface area (Å²) in [6, 6.07) is 12.5. The number of hydrogen-bond acceptors (Lipinski definition) is 2. The van der Waals surface area contributed by atoms with E-state index in [1.54, 1.807) is 13.0 Å². The molecule has 2 N–H and O–H groups in total. The topological polar surface area (TPSA) is 35.2 Å². The van der Waals surface area contributed by atoms with Gasteiger partial charge in [0.1, 0.15) is 6.61 Å². The van der Waals surface area contributed by atoms with Crippen molar-refractivity contribution in [3.05, 3.63) is 59.4 Å². The summed E-state index contributed by atoms with van der Waals surface area (Å²) in [6.07, 6.45) is 0. The maximum atomic E-state index is 13.6. The zero-order valence-corrected chi connectivity index (χ0v) is 11.6. The summed E-state index contributed by atoms with van der Waals surface area (Å²) in [4.78, 5) is 0. The van der Waals surface area contributed by atoms with E-state index in [-0.39, 0.29) is 11.6 Å². The van der Waals surface area contributed by atoms with Gasteiger partial charge in [0.15, 0.2) is 11.6 Å². The summed E-state index contributed by atoms with van der Waals surface area (Å²) >= 11 is 0. The molecule has 0 saturated heterocycles. The third kappa shape index (κ3) is 3.98. The van der Waals surface area contributed by atoms with Crippen molar-refractivity contribution in [1.29, 1.82) is 0 Å². The first-order chi connectivity index (χ1) is 9.18. The Morgan fingerprint density at radius 2 is 1.68 bits per heavy atom. The van der Waals surface area contributed by atoms with Crippen LogP contribution in [0.2, 0.25) is 0 Å². The van der Waals surface area contributed by atoms with E-state index in [1.165, 1.54) is 6.07 Å². The lowest BCUT2D eigenvalue weighted by Gasteiger charge is -2.11. The molecule has 0 amide bonds. The minimum Gasteiger partial charge on any atom is -0.485 e. The van der Waals surface area contributed by atoms with Crippen molar-refractivity contribution in [2.45, 2.75) is 27.4 Å². The molecule has 0 bridgehead atoms. The Kier molecular flexibility index (Phi) is 5.86. The molecule has 0 radical (unpaired) electrons. The summed E-state index contributed by atoms with van der Waals surface area (Å²) in [5, 5.41) is 0. The fraction of sp³-hybridized carbons (Fsp3) is 0.250. The molecular weight excluding hydrogens is 241 g/mol. The highest BCUT2D eigenvalue weighted by atomic mass is 19.1.